The lowest BCUT2D eigenvalue weighted by molar-refractivity contribution is -0.154. The van der Waals surface area contributed by atoms with Crippen molar-refractivity contribution in [3.05, 3.63) is 24.5 Å². The monoisotopic (exact) mass is 280 g/mol. The fourth-order valence-electron chi connectivity index (χ4n) is 2.92. The van der Waals surface area contributed by atoms with Crippen molar-refractivity contribution >= 4 is 0 Å². The summed E-state index contributed by atoms with van der Waals surface area (Å²) in [6.45, 7) is 12.1. The Kier molecular flexibility index (Phi) is 7.36. The highest BCUT2D eigenvalue weighted by Crippen LogP contribution is 2.38. The molecule has 2 aliphatic heterocycles. The molecule has 2 heterocycles. The van der Waals surface area contributed by atoms with Crippen molar-refractivity contribution in [2.75, 3.05) is 6.61 Å². The van der Waals surface area contributed by atoms with E-state index in [0.29, 0.717) is 6.10 Å². The van der Waals surface area contributed by atoms with Crippen LogP contribution in [0.15, 0.2) is 24.5 Å². The Labute approximate surface area is 125 Å². The van der Waals surface area contributed by atoms with Crippen LogP contribution in [0.5, 0.6) is 0 Å². The van der Waals surface area contributed by atoms with Gasteiger partial charge in [-0.2, -0.15) is 0 Å². The minimum absolute atomic E-state index is 0.159. The van der Waals surface area contributed by atoms with Crippen LogP contribution in [0.4, 0.5) is 0 Å². The van der Waals surface area contributed by atoms with Crippen LogP contribution >= 0.6 is 0 Å². The minimum atomic E-state index is 0.159. The third-order valence-corrected chi connectivity index (χ3v) is 4.54. The molecule has 0 aromatic heterocycles. The molecule has 0 aliphatic carbocycles. The smallest absolute Gasteiger partial charge is 0.106 e. The maximum Gasteiger partial charge on any atom is 0.106 e. The van der Waals surface area contributed by atoms with Gasteiger partial charge in [-0.3, -0.25) is 0 Å². The second-order valence-electron chi connectivity index (χ2n) is 6.40. The molecule has 0 aromatic carbocycles. The van der Waals surface area contributed by atoms with E-state index < -0.39 is 0 Å². The Bertz CT molecular complexity index is 307. The van der Waals surface area contributed by atoms with Crippen molar-refractivity contribution < 1.29 is 9.47 Å². The molecule has 3 unspecified atom stereocenters. The predicted octanol–water partition coefficient (Wildman–Crippen LogP) is 5.10. The molecular formula is C18H32O2. The van der Waals surface area contributed by atoms with Gasteiger partial charge >= 0.3 is 0 Å². The summed E-state index contributed by atoms with van der Waals surface area (Å²) in [6.07, 6.45) is 12.9. The molecule has 0 N–H and O–H groups in total. The quantitative estimate of drug-likeness (QED) is 0.716. The zero-order valence-electron chi connectivity index (χ0n) is 13.9. The SMILES string of the molecule is C1=CCOC=C1.CCC1OC(C)(CC)CCC1C(C)C. The lowest BCUT2D eigenvalue weighted by atomic mass is 9.78. The summed E-state index contributed by atoms with van der Waals surface area (Å²) in [5, 5.41) is 0. The maximum atomic E-state index is 6.25. The van der Waals surface area contributed by atoms with Crippen LogP contribution in [0, 0.1) is 11.8 Å². The Balaban J connectivity index is 0.000000276. The van der Waals surface area contributed by atoms with Crippen LogP contribution in [0.25, 0.3) is 0 Å². The van der Waals surface area contributed by atoms with E-state index in [1.165, 1.54) is 19.3 Å². The van der Waals surface area contributed by atoms with E-state index >= 15 is 0 Å². The number of allylic oxidation sites excluding steroid dienone is 2. The van der Waals surface area contributed by atoms with Gasteiger partial charge < -0.3 is 9.47 Å². The van der Waals surface area contributed by atoms with Gasteiger partial charge in [0, 0.05) is 0 Å². The molecule has 0 saturated carbocycles. The van der Waals surface area contributed by atoms with Crippen molar-refractivity contribution in [1.82, 2.24) is 0 Å². The number of ether oxygens (including phenoxy) is 2. The lowest BCUT2D eigenvalue weighted by Gasteiger charge is -2.44. The molecule has 0 amide bonds. The molecule has 2 aliphatic rings. The highest BCUT2D eigenvalue weighted by Gasteiger charge is 2.37. The van der Waals surface area contributed by atoms with E-state index in [4.69, 9.17) is 9.47 Å². The van der Waals surface area contributed by atoms with Gasteiger partial charge in [-0.15, -0.1) is 0 Å². The zero-order valence-corrected chi connectivity index (χ0v) is 13.9. The molecule has 0 radical (unpaired) electrons. The van der Waals surface area contributed by atoms with Gasteiger partial charge in [-0.05, 0) is 56.6 Å². The first-order valence-electron chi connectivity index (χ1n) is 8.13. The van der Waals surface area contributed by atoms with Crippen LogP contribution in [-0.4, -0.2) is 18.3 Å². The summed E-state index contributed by atoms with van der Waals surface area (Å²) >= 11 is 0. The molecule has 0 bridgehead atoms. The van der Waals surface area contributed by atoms with E-state index in [-0.39, 0.29) is 5.60 Å². The van der Waals surface area contributed by atoms with Crippen LogP contribution in [0.3, 0.4) is 0 Å². The second kappa shape index (κ2) is 8.51. The number of hydrogen-bond donors (Lipinski definition) is 0. The minimum Gasteiger partial charge on any atom is -0.497 e. The largest absolute Gasteiger partial charge is 0.497 e. The van der Waals surface area contributed by atoms with Crippen molar-refractivity contribution in [2.45, 2.75) is 72.0 Å². The fourth-order valence-corrected chi connectivity index (χ4v) is 2.92. The topological polar surface area (TPSA) is 18.5 Å². The van der Waals surface area contributed by atoms with Gasteiger partial charge in [0.1, 0.15) is 6.61 Å². The van der Waals surface area contributed by atoms with Crippen molar-refractivity contribution in [2.24, 2.45) is 11.8 Å². The van der Waals surface area contributed by atoms with E-state index in [1.807, 2.05) is 18.2 Å². The first kappa shape index (κ1) is 17.3. The first-order valence-corrected chi connectivity index (χ1v) is 8.13. The van der Waals surface area contributed by atoms with Crippen LogP contribution in [0.1, 0.15) is 60.3 Å². The fraction of sp³-hybridized carbons (Fsp3) is 0.778. The van der Waals surface area contributed by atoms with E-state index in [2.05, 4.69) is 34.6 Å². The van der Waals surface area contributed by atoms with Gasteiger partial charge in [0.2, 0.25) is 0 Å². The molecule has 3 atom stereocenters. The first-order chi connectivity index (χ1) is 9.52. The molecule has 2 rings (SSSR count). The van der Waals surface area contributed by atoms with Crippen molar-refractivity contribution in [3.63, 3.8) is 0 Å². The van der Waals surface area contributed by atoms with Crippen molar-refractivity contribution in [1.29, 1.82) is 0 Å². The summed E-state index contributed by atoms with van der Waals surface area (Å²) in [4.78, 5) is 0. The highest BCUT2D eigenvalue weighted by atomic mass is 16.5. The lowest BCUT2D eigenvalue weighted by Crippen LogP contribution is -2.43. The summed E-state index contributed by atoms with van der Waals surface area (Å²) in [5.41, 5.74) is 0.159. The van der Waals surface area contributed by atoms with Gasteiger partial charge in [-0.1, -0.05) is 33.8 Å². The van der Waals surface area contributed by atoms with Gasteiger partial charge in [-0.25, -0.2) is 0 Å². The molecule has 2 heteroatoms. The average Bonchev–Trinajstić information content (AvgIpc) is 2.49. The summed E-state index contributed by atoms with van der Waals surface area (Å²) in [5.74, 6) is 1.54. The molecule has 20 heavy (non-hydrogen) atoms. The van der Waals surface area contributed by atoms with E-state index in [0.717, 1.165) is 24.9 Å². The zero-order chi connectivity index (χ0) is 15.0. The maximum absolute atomic E-state index is 6.25. The molecule has 0 aromatic rings. The molecule has 0 spiro atoms. The molecule has 2 nitrogen and oxygen atoms in total. The normalized spacial score (nSPS) is 32.5. The molecule has 1 fully saturated rings. The van der Waals surface area contributed by atoms with Crippen LogP contribution in [-0.2, 0) is 9.47 Å². The molecular weight excluding hydrogens is 248 g/mol. The van der Waals surface area contributed by atoms with Gasteiger partial charge in [0.05, 0.1) is 18.0 Å². The summed E-state index contributed by atoms with van der Waals surface area (Å²) < 4.78 is 11.0. The summed E-state index contributed by atoms with van der Waals surface area (Å²) in [6, 6.07) is 0. The summed E-state index contributed by atoms with van der Waals surface area (Å²) in [7, 11) is 0. The average molecular weight is 280 g/mol. The van der Waals surface area contributed by atoms with Gasteiger partial charge in [0.25, 0.3) is 0 Å². The van der Waals surface area contributed by atoms with Gasteiger partial charge in [0.15, 0.2) is 0 Å². The van der Waals surface area contributed by atoms with Crippen LogP contribution in [0.2, 0.25) is 0 Å². The third kappa shape index (κ3) is 5.32. The molecule has 116 valence electrons. The standard InChI is InChI=1S/C13H26O.C5H6O/c1-6-12-11(10(3)4)8-9-13(5,7-2)14-12;1-2-4-6-5-3-1/h10-12H,6-9H2,1-5H3;1-4H,5H2. The molecule has 1 saturated heterocycles. The van der Waals surface area contributed by atoms with E-state index in [9.17, 15) is 0 Å². The van der Waals surface area contributed by atoms with Crippen molar-refractivity contribution in [3.8, 4) is 0 Å². The Morgan fingerprint density at radius 3 is 2.35 bits per heavy atom. The van der Waals surface area contributed by atoms with E-state index in [1.54, 1.807) is 6.26 Å². The highest BCUT2D eigenvalue weighted by molar-refractivity contribution is 5.03. The number of hydrogen-bond acceptors (Lipinski definition) is 2. The third-order valence-electron chi connectivity index (χ3n) is 4.54. The Morgan fingerprint density at radius 2 is 2.00 bits per heavy atom. The number of rotatable bonds is 3. The Morgan fingerprint density at radius 1 is 1.25 bits per heavy atom. The Hall–Kier alpha value is -0.760. The van der Waals surface area contributed by atoms with Crippen LogP contribution < -0.4 is 0 Å². The second-order valence-corrected chi connectivity index (χ2v) is 6.40. The predicted molar refractivity (Wildman–Crippen MR) is 85.7 cm³/mol.